The van der Waals surface area contributed by atoms with E-state index in [9.17, 15) is 4.79 Å². The van der Waals surface area contributed by atoms with Gasteiger partial charge in [-0.3, -0.25) is 9.69 Å². The van der Waals surface area contributed by atoms with Crippen LogP contribution in [-0.2, 0) is 17.9 Å². The number of nitrogens with zero attached hydrogens (tertiary/aromatic N) is 1. The minimum absolute atomic E-state index is 0.0612. The molecule has 3 rings (SSSR count). The van der Waals surface area contributed by atoms with Gasteiger partial charge in [0.25, 0.3) is 0 Å². The second-order valence-electron chi connectivity index (χ2n) is 6.06. The Labute approximate surface area is 151 Å². The Morgan fingerprint density at radius 3 is 2.71 bits per heavy atom. The number of likely N-dealkylation sites (tertiary alicyclic amines) is 1. The Balaban J connectivity index is 1.46. The van der Waals surface area contributed by atoms with E-state index in [-0.39, 0.29) is 11.8 Å². The fraction of sp³-hybridized carbons (Fsp3) is 0.389. The number of hydrogen-bond donors (Lipinski definition) is 1. The van der Waals surface area contributed by atoms with Gasteiger partial charge in [-0.15, -0.1) is 0 Å². The lowest BCUT2D eigenvalue weighted by molar-refractivity contribution is -0.126. The molecule has 0 bridgehead atoms. The monoisotopic (exact) mass is 366 g/mol. The van der Waals surface area contributed by atoms with Crippen molar-refractivity contribution in [1.29, 1.82) is 0 Å². The number of benzene rings is 1. The van der Waals surface area contributed by atoms with E-state index in [1.165, 1.54) is 0 Å². The number of furan rings is 1. The minimum atomic E-state index is 0.0612. The van der Waals surface area contributed by atoms with Gasteiger partial charge in [-0.05, 0) is 49.7 Å². The molecule has 1 saturated heterocycles. The van der Waals surface area contributed by atoms with Crippen molar-refractivity contribution in [3.63, 3.8) is 0 Å². The SMILES string of the molecule is O=C(NCc1ccco1)C1CCN(Cc2cccc(Cl)c2Cl)CC1. The second kappa shape index (κ2) is 8.06. The molecule has 1 aromatic carbocycles. The van der Waals surface area contributed by atoms with Crippen LogP contribution in [0, 0.1) is 5.92 Å². The van der Waals surface area contributed by atoms with Crippen LogP contribution < -0.4 is 5.32 Å². The van der Waals surface area contributed by atoms with E-state index in [0.29, 0.717) is 16.6 Å². The second-order valence-corrected chi connectivity index (χ2v) is 6.85. The molecule has 1 aliphatic rings. The number of nitrogens with one attached hydrogen (secondary N) is 1. The number of rotatable bonds is 5. The largest absolute Gasteiger partial charge is 0.467 e. The van der Waals surface area contributed by atoms with Gasteiger partial charge < -0.3 is 9.73 Å². The fourth-order valence-corrected chi connectivity index (χ4v) is 3.38. The summed E-state index contributed by atoms with van der Waals surface area (Å²) in [6, 6.07) is 9.39. The van der Waals surface area contributed by atoms with Crippen molar-refractivity contribution in [2.45, 2.75) is 25.9 Å². The summed E-state index contributed by atoms with van der Waals surface area (Å²) in [7, 11) is 0. The lowest BCUT2D eigenvalue weighted by Gasteiger charge is -2.31. The molecule has 2 heterocycles. The number of carbonyl (C=O) groups is 1. The predicted octanol–water partition coefficient (Wildman–Crippen LogP) is 4.11. The molecule has 1 N–H and O–H groups in total. The highest BCUT2D eigenvalue weighted by molar-refractivity contribution is 6.42. The maximum atomic E-state index is 12.2. The Morgan fingerprint density at radius 1 is 1.21 bits per heavy atom. The maximum absolute atomic E-state index is 12.2. The van der Waals surface area contributed by atoms with Gasteiger partial charge in [-0.2, -0.15) is 0 Å². The fourth-order valence-electron chi connectivity index (χ4n) is 3.00. The molecule has 4 nitrogen and oxygen atoms in total. The standard InChI is InChI=1S/C18H20Cl2N2O2/c19-16-5-1-3-14(17(16)20)12-22-8-6-13(7-9-22)18(23)21-11-15-4-2-10-24-15/h1-5,10,13H,6-9,11-12H2,(H,21,23). The zero-order valence-electron chi connectivity index (χ0n) is 13.3. The Morgan fingerprint density at radius 2 is 2.00 bits per heavy atom. The van der Waals surface area contributed by atoms with Crippen LogP contribution in [0.3, 0.4) is 0 Å². The lowest BCUT2D eigenvalue weighted by atomic mass is 9.95. The van der Waals surface area contributed by atoms with Crippen LogP contribution in [0.5, 0.6) is 0 Å². The molecular formula is C18H20Cl2N2O2. The highest BCUT2D eigenvalue weighted by Gasteiger charge is 2.25. The topological polar surface area (TPSA) is 45.5 Å². The third-order valence-electron chi connectivity index (χ3n) is 4.40. The van der Waals surface area contributed by atoms with Gasteiger partial charge in [0.1, 0.15) is 5.76 Å². The Bertz CT molecular complexity index is 680. The number of piperidine rings is 1. The van der Waals surface area contributed by atoms with Crippen LogP contribution in [-0.4, -0.2) is 23.9 Å². The van der Waals surface area contributed by atoms with E-state index in [2.05, 4.69) is 10.2 Å². The minimum Gasteiger partial charge on any atom is -0.467 e. The van der Waals surface area contributed by atoms with Crippen molar-refractivity contribution in [2.75, 3.05) is 13.1 Å². The van der Waals surface area contributed by atoms with Gasteiger partial charge in [-0.1, -0.05) is 35.3 Å². The highest BCUT2D eigenvalue weighted by atomic mass is 35.5. The zero-order valence-corrected chi connectivity index (χ0v) is 14.8. The summed E-state index contributed by atoms with van der Waals surface area (Å²) in [5.41, 5.74) is 1.03. The van der Waals surface area contributed by atoms with Crippen molar-refractivity contribution in [1.82, 2.24) is 10.2 Å². The van der Waals surface area contributed by atoms with Crippen molar-refractivity contribution in [2.24, 2.45) is 5.92 Å². The van der Waals surface area contributed by atoms with E-state index in [0.717, 1.165) is 43.8 Å². The molecule has 1 aromatic heterocycles. The summed E-state index contributed by atoms with van der Waals surface area (Å²) in [5.74, 6) is 0.939. The van der Waals surface area contributed by atoms with Gasteiger partial charge >= 0.3 is 0 Å². The number of halogens is 2. The van der Waals surface area contributed by atoms with Gasteiger partial charge in [0.2, 0.25) is 5.91 Å². The summed E-state index contributed by atoms with van der Waals surface area (Å²) in [6.07, 6.45) is 3.31. The van der Waals surface area contributed by atoms with Crippen molar-refractivity contribution >= 4 is 29.1 Å². The van der Waals surface area contributed by atoms with Crippen molar-refractivity contribution < 1.29 is 9.21 Å². The molecule has 0 aliphatic carbocycles. The van der Waals surface area contributed by atoms with Crippen LogP contribution >= 0.6 is 23.2 Å². The van der Waals surface area contributed by atoms with E-state index in [1.807, 2.05) is 24.3 Å². The lowest BCUT2D eigenvalue weighted by Crippen LogP contribution is -2.40. The van der Waals surface area contributed by atoms with Crippen LogP contribution in [0.2, 0.25) is 10.0 Å². The molecule has 1 aliphatic heterocycles. The first-order valence-corrected chi connectivity index (χ1v) is 8.84. The summed E-state index contributed by atoms with van der Waals surface area (Å²) >= 11 is 12.3. The number of amides is 1. The molecule has 0 spiro atoms. The normalized spacial score (nSPS) is 16.2. The van der Waals surface area contributed by atoms with Gasteiger partial charge in [0.05, 0.1) is 22.9 Å². The Kier molecular flexibility index (Phi) is 5.82. The quantitative estimate of drug-likeness (QED) is 0.865. The molecule has 128 valence electrons. The molecular weight excluding hydrogens is 347 g/mol. The van der Waals surface area contributed by atoms with Gasteiger partial charge in [0.15, 0.2) is 0 Å². The summed E-state index contributed by atoms with van der Waals surface area (Å²) in [5, 5.41) is 4.15. The molecule has 0 atom stereocenters. The smallest absolute Gasteiger partial charge is 0.223 e. The third-order valence-corrected chi connectivity index (χ3v) is 5.26. The number of carbonyl (C=O) groups excluding carboxylic acids is 1. The molecule has 0 saturated carbocycles. The van der Waals surface area contributed by atoms with E-state index < -0.39 is 0 Å². The van der Waals surface area contributed by atoms with E-state index in [1.54, 1.807) is 12.3 Å². The molecule has 0 unspecified atom stereocenters. The van der Waals surface area contributed by atoms with Crippen molar-refractivity contribution in [3.05, 3.63) is 58.0 Å². The van der Waals surface area contributed by atoms with Crippen LogP contribution in [0.4, 0.5) is 0 Å². The molecule has 1 fully saturated rings. The maximum Gasteiger partial charge on any atom is 0.223 e. The van der Waals surface area contributed by atoms with Gasteiger partial charge in [-0.25, -0.2) is 0 Å². The molecule has 24 heavy (non-hydrogen) atoms. The molecule has 6 heteroatoms. The van der Waals surface area contributed by atoms with E-state index >= 15 is 0 Å². The Hall–Kier alpha value is -1.49. The van der Waals surface area contributed by atoms with Crippen molar-refractivity contribution in [3.8, 4) is 0 Å². The summed E-state index contributed by atoms with van der Waals surface area (Å²) < 4.78 is 5.23. The first kappa shape index (κ1) is 17.3. The molecule has 2 aromatic rings. The van der Waals surface area contributed by atoms with Crippen LogP contribution in [0.1, 0.15) is 24.2 Å². The van der Waals surface area contributed by atoms with Crippen LogP contribution in [0.25, 0.3) is 0 Å². The van der Waals surface area contributed by atoms with E-state index in [4.69, 9.17) is 27.6 Å². The molecule has 1 amide bonds. The highest BCUT2D eigenvalue weighted by Crippen LogP contribution is 2.28. The molecule has 0 radical (unpaired) electrons. The predicted molar refractivity (Wildman–Crippen MR) is 95.0 cm³/mol. The summed E-state index contributed by atoms with van der Waals surface area (Å²) in [6.45, 7) is 2.97. The van der Waals surface area contributed by atoms with Gasteiger partial charge in [0, 0.05) is 12.5 Å². The zero-order chi connectivity index (χ0) is 16.9. The van der Waals surface area contributed by atoms with Crippen LogP contribution in [0.15, 0.2) is 41.0 Å². The first-order valence-electron chi connectivity index (χ1n) is 8.09. The average molecular weight is 367 g/mol. The number of hydrogen-bond acceptors (Lipinski definition) is 3. The first-order chi connectivity index (χ1) is 11.6. The average Bonchev–Trinajstić information content (AvgIpc) is 3.11. The summed E-state index contributed by atoms with van der Waals surface area (Å²) in [4.78, 5) is 14.6. The third kappa shape index (κ3) is 4.32.